The van der Waals surface area contributed by atoms with Gasteiger partial charge in [0.15, 0.2) is 23.0 Å². The molecule has 7 nitrogen and oxygen atoms in total. The maximum absolute atomic E-state index is 13.5. The van der Waals surface area contributed by atoms with Crippen LogP contribution in [-0.4, -0.2) is 39.3 Å². The first-order chi connectivity index (χ1) is 19.3. The quantitative estimate of drug-likeness (QED) is 0.225. The van der Waals surface area contributed by atoms with Crippen molar-refractivity contribution in [2.45, 2.75) is 39.5 Å². The van der Waals surface area contributed by atoms with Gasteiger partial charge in [-0.1, -0.05) is 38.1 Å². The lowest BCUT2D eigenvalue weighted by atomic mass is 9.96. The smallest absolute Gasteiger partial charge is 0.231 e. The Labute approximate surface area is 236 Å². The summed E-state index contributed by atoms with van der Waals surface area (Å²) in [4.78, 5) is 18.2. The number of carbonyl (C=O) groups excluding carboxylic acids is 1. The van der Waals surface area contributed by atoms with Crippen LogP contribution in [0.2, 0.25) is 0 Å². The number of ether oxygens (including phenoxy) is 4. The maximum atomic E-state index is 13.5. The monoisotopic (exact) mass is 542 g/mol. The highest BCUT2D eigenvalue weighted by molar-refractivity contribution is 5.97. The van der Waals surface area contributed by atoms with E-state index in [0.717, 1.165) is 34.0 Å². The fourth-order valence-electron chi connectivity index (χ4n) is 4.87. The molecule has 1 atom stereocenters. The van der Waals surface area contributed by atoms with E-state index in [1.54, 1.807) is 40.7 Å². The molecular weight excluding hydrogens is 504 g/mol. The van der Waals surface area contributed by atoms with Crippen LogP contribution in [0.5, 0.6) is 23.0 Å². The van der Waals surface area contributed by atoms with Crippen molar-refractivity contribution in [1.82, 2.24) is 4.98 Å². The number of methoxy groups -OCH3 is 4. The average molecular weight is 543 g/mol. The average Bonchev–Trinajstić information content (AvgIpc) is 2.96. The molecule has 1 N–H and O–H groups in total. The summed E-state index contributed by atoms with van der Waals surface area (Å²) < 4.78 is 22.2. The molecule has 0 saturated heterocycles. The molecule has 7 heteroatoms. The van der Waals surface area contributed by atoms with E-state index in [1.165, 1.54) is 5.56 Å². The molecule has 1 heterocycles. The number of aromatic nitrogens is 1. The van der Waals surface area contributed by atoms with Gasteiger partial charge in [0, 0.05) is 29.8 Å². The lowest BCUT2D eigenvalue weighted by Gasteiger charge is -2.19. The number of hydrogen-bond donors (Lipinski definition) is 1. The van der Waals surface area contributed by atoms with Gasteiger partial charge in [0.05, 0.1) is 40.1 Å². The molecule has 0 fully saturated rings. The van der Waals surface area contributed by atoms with E-state index in [0.29, 0.717) is 41.0 Å². The summed E-state index contributed by atoms with van der Waals surface area (Å²) in [6, 6.07) is 17.8. The van der Waals surface area contributed by atoms with Gasteiger partial charge in [-0.05, 0) is 65.6 Å². The first-order valence-electron chi connectivity index (χ1n) is 13.4. The first-order valence-corrected chi connectivity index (χ1v) is 13.4. The molecule has 0 unspecified atom stereocenters. The molecule has 4 rings (SSSR count). The van der Waals surface area contributed by atoms with Crippen molar-refractivity contribution < 1.29 is 23.7 Å². The summed E-state index contributed by atoms with van der Waals surface area (Å²) in [5.41, 5.74) is 4.55. The molecule has 0 bridgehead atoms. The molecule has 210 valence electrons. The molecule has 40 heavy (non-hydrogen) atoms. The molecular formula is C33H38N2O5. The molecule has 0 aliphatic heterocycles. The number of benzene rings is 3. The molecule has 4 aromatic rings. The summed E-state index contributed by atoms with van der Waals surface area (Å²) in [7, 11) is 6.40. The summed E-state index contributed by atoms with van der Waals surface area (Å²) >= 11 is 0. The Morgan fingerprint density at radius 2 is 1.40 bits per heavy atom. The number of anilines is 1. The molecule has 1 amide bonds. The van der Waals surface area contributed by atoms with Crippen molar-refractivity contribution in [3.05, 3.63) is 83.2 Å². The lowest BCUT2D eigenvalue weighted by molar-refractivity contribution is -0.117. The number of rotatable bonds is 11. The van der Waals surface area contributed by atoms with Gasteiger partial charge in [-0.3, -0.25) is 9.78 Å². The highest BCUT2D eigenvalue weighted by Crippen LogP contribution is 2.37. The largest absolute Gasteiger partial charge is 0.493 e. The van der Waals surface area contributed by atoms with Gasteiger partial charge in [0.25, 0.3) is 0 Å². The minimum absolute atomic E-state index is 0.109. The van der Waals surface area contributed by atoms with Crippen LogP contribution in [0.1, 0.15) is 49.1 Å². The third-order valence-electron chi connectivity index (χ3n) is 7.09. The van der Waals surface area contributed by atoms with E-state index in [2.05, 4.69) is 36.3 Å². The molecule has 0 aliphatic carbocycles. The number of carbonyl (C=O) groups is 1. The van der Waals surface area contributed by atoms with Gasteiger partial charge in [-0.2, -0.15) is 0 Å². The van der Waals surface area contributed by atoms with E-state index in [1.807, 2.05) is 43.3 Å². The van der Waals surface area contributed by atoms with Gasteiger partial charge in [-0.15, -0.1) is 0 Å². The minimum Gasteiger partial charge on any atom is -0.493 e. The van der Waals surface area contributed by atoms with Crippen LogP contribution in [0.4, 0.5) is 5.69 Å². The van der Waals surface area contributed by atoms with Crippen molar-refractivity contribution in [3.8, 4) is 23.0 Å². The zero-order chi connectivity index (χ0) is 28.8. The summed E-state index contributed by atoms with van der Waals surface area (Å²) in [6.45, 7) is 6.32. The normalized spacial score (nSPS) is 11.8. The first kappa shape index (κ1) is 28.7. The van der Waals surface area contributed by atoms with Crippen molar-refractivity contribution in [2.24, 2.45) is 5.92 Å². The van der Waals surface area contributed by atoms with Crippen LogP contribution < -0.4 is 24.3 Å². The van der Waals surface area contributed by atoms with Crippen LogP contribution in [0.15, 0.2) is 60.8 Å². The minimum atomic E-state index is -0.346. The molecule has 0 saturated carbocycles. The second kappa shape index (κ2) is 12.7. The van der Waals surface area contributed by atoms with Gasteiger partial charge in [0.2, 0.25) is 5.91 Å². The number of amides is 1. The van der Waals surface area contributed by atoms with Crippen LogP contribution in [-0.2, 0) is 17.6 Å². The van der Waals surface area contributed by atoms with Crippen LogP contribution in [0, 0.1) is 5.92 Å². The van der Waals surface area contributed by atoms with Crippen molar-refractivity contribution in [3.63, 3.8) is 0 Å². The predicted molar refractivity (Wildman–Crippen MR) is 159 cm³/mol. The van der Waals surface area contributed by atoms with E-state index in [9.17, 15) is 4.79 Å². The summed E-state index contributed by atoms with van der Waals surface area (Å²) in [5.74, 6) is 2.50. The van der Waals surface area contributed by atoms with E-state index < -0.39 is 0 Å². The van der Waals surface area contributed by atoms with E-state index in [4.69, 9.17) is 18.9 Å². The Morgan fingerprint density at radius 1 is 0.800 bits per heavy atom. The zero-order valence-corrected chi connectivity index (χ0v) is 24.3. The lowest BCUT2D eigenvalue weighted by Crippen LogP contribution is -2.20. The van der Waals surface area contributed by atoms with Crippen LogP contribution >= 0.6 is 0 Å². The molecule has 0 aliphatic rings. The van der Waals surface area contributed by atoms with Crippen LogP contribution in [0.25, 0.3) is 10.8 Å². The number of nitrogens with one attached hydrogen (secondary N) is 1. The number of pyridine rings is 1. The predicted octanol–water partition coefficient (Wildman–Crippen LogP) is 6.80. The van der Waals surface area contributed by atoms with Gasteiger partial charge >= 0.3 is 0 Å². The Balaban J connectivity index is 1.68. The fraction of sp³-hybridized carbons (Fsp3) is 0.333. The molecule has 3 aromatic carbocycles. The highest BCUT2D eigenvalue weighted by Gasteiger charge is 2.20. The van der Waals surface area contributed by atoms with E-state index >= 15 is 0 Å². The third-order valence-corrected chi connectivity index (χ3v) is 7.09. The topological polar surface area (TPSA) is 78.9 Å². The van der Waals surface area contributed by atoms with Gasteiger partial charge < -0.3 is 24.3 Å². The molecule has 0 spiro atoms. The Morgan fingerprint density at radius 3 is 2.02 bits per heavy atom. The number of fused-ring (bicyclic) bond motifs is 1. The molecule has 1 aromatic heterocycles. The maximum Gasteiger partial charge on any atom is 0.231 e. The van der Waals surface area contributed by atoms with Crippen molar-refractivity contribution in [2.75, 3.05) is 33.8 Å². The van der Waals surface area contributed by atoms with Gasteiger partial charge in [0.1, 0.15) is 0 Å². The van der Waals surface area contributed by atoms with E-state index in [-0.39, 0.29) is 11.8 Å². The van der Waals surface area contributed by atoms with Crippen LogP contribution in [0.3, 0.4) is 0 Å². The summed E-state index contributed by atoms with van der Waals surface area (Å²) in [6.07, 6.45) is 3.23. The van der Waals surface area contributed by atoms with Crippen molar-refractivity contribution in [1.29, 1.82) is 0 Å². The number of nitrogens with zero attached hydrogens (tertiary/aromatic N) is 1. The zero-order valence-electron chi connectivity index (χ0n) is 24.3. The fourth-order valence-corrected chi connectivity index (χ4v) is 4.87. The Kier molecular flexibility index (Phi) is 9.15. The van der Waals surface area contributed by atoms with Crippen molar-refractivity contribution >= 4 is 22.4 Å². The number of hydrogen-bond acceptors (Lipinski definition) is 6. The Bertz CT molecular complexity index is 1480. The second-order valence-electron chi connectivity index (χ2n) is 10.3. The standard InChI is InChI=1S/C33H38N2O5/c1-20(2)14-22-8-10-23(11-9-22)21(3)33(36)35-27-19-32(40-7)30(38-5)17-25(27)15-28-26-18-31(39-6)29(37-4)16-24(26)12-13-34-28/h8-13,16-21H,14-15H2,1-7H3,(H,35,36)/t21-/m0/s1. The Hall–Kier alpha value is -4.26. The highest BCUT2D eigenvalue weighted by atomic mass is 16.5. The summed E-state index contributed by atoms with van der Waals surface area (Å²) in [5, 5.41) is 5.05. The van der Waals surface area contributed by atoms with Gasteiger partial charge in [-0.25, -0.2) is 0 Å². The SMILES string of the molecule is COc1cc(Cc2nccc3cc(OC)c(OC)cc23)c(NC(=O)[C@@H](C)c2ccc(CC(C)C)cc2)cc1OC. The third kappa shape index (κ3) is 6.30. The second-order valence-corrected chi connectivity index (χ2v) is 10.3. The molecule has 0 radical (unpaired) electrons.